The number of hydrogen-bond donors (Lipinski definition) is 5. The van der Waals surface area contributed by atoms with Crippen LogP contribution in [0.2, 0.25) is 0 Å². The van der Waals surface area contributed by atoms with E-state index in [0.717, 1.165) is 0 Å². The number of nitrogens with two attached hydrogens (primary N) is 1. The van der Waals surface area contributed by atoms with Gasteiger partial charge in [-0.1, -0.05) is 6.07 Å². The number of nitrogens with one attached hydrogen (secondary N) is 2. The minimum atomic E-state index is -0.742. The minimum Gasteiger partial charge on any atom is -0.504 e. The van der Waals surface area contributed by atoms with E-state index in [1.165, 1.54) is 12.1 Å². The zero-order valence-corrected chi connectivity index (χ0v) is 11.4. The van der Waals surface area contributed by atoms with Gasteiger partial charge in [-0.25, -0.2) is 0 Å². The second kappa shape index (κ2) is 5.90. The quantitative estimate of drug-likeness (QED) is 0.414. The number of aliphatic hydroxyl groups is 1. The van der Waals surface area contributed by atoms with Crippen molar-refractivity contribution in [3.63, 3.8) is 0 Å². The zero-order chi connectivity index (χ0) is 14.6. The molecule has 0 aliphatic rings. The van der Waals surface area contributed by atoms with E-state index < -0.39 is 12.1 Å². The van der Waals surface area contributed by atoms with E-state index in [1.54, 1.807) is 6.07 Å². The number of aliphatic hydroxyl groups excluding tert-OH is 1. The first-order valence-electron chi connectivity index (χ1n) is 5.97. The molecule has 6 N–H and O–H groups in total. The van der Waals surface area contributed by atoms with Crippen molar-refractivity contribution in [3.05, 3.63) is 23.8 Å². The predicted molar refractivity (Wildman–Crippen MR) is 73.4 cm³/mol. The van der Waals surface area contributed by atoms with Crippen molar-refractivity contribution in [2.24, 2.45) is 5.73 Å². The summed E-state index contributed by atoms with van der Waals surface area (Å²) in [5.74, 6) is -0.0743. The van der Waals surface area contributed by atoms with Crippen LogP contribution in [0.5, 0.6) is 11.5 Å². The third-order valence-corrected chi connectivity index (χ3v) is 2.41. The fraction of sp³-hybridized carbons (Fsp3) is 0.462. The molecule has 1 rings (SSSR count). The molecule has 0 bridgehead atoms. The van der Waals surface area contributed by atoms with Gasteiger partial charge in [0.25, 0.3) is 6.02 Å². The Labute approximate surface area is 112 Å². The molecule has 0 amide bonds. The van der Waals surface area contributed by atoms with Gasteiger partial charge in [0.2, 0.25) is 0 Å². The average Bonchev–Trinajstić information content (AvgIpc) is 2.27. The summed E-state index contributed by atoms with van der Waals surface area (Å²) in [6.07, 6.45) is -0.742. The highest BCUT2D eigenvalue weighted by Crippen LogP contribution is 2.29. The fourth-order valence-corrected chi connectivity index (χ4v) is 1.46. The van der Waals surface area contributed by atoms with E-state index in [4.69, 9.17) is 15.9 Å². The number of phenolic OH excluding ortho intramolecular Hbond substituents is 1. The molecule has 0 aromatic heterocycles. The Bertz CT molecular complexity index is 455. The molecule has 0 aliphatic carbocycles. The number of rotatable bonds is 4. The summed E-state index contributed by atoms with van der Waals surface area (Å²) in [4.78, 5) is 0. The van der Waals surface area contributed by atoms with Crippen LogP contribution in [0.3, 0.4) is 0 Å². The van der Waals surface area contributed by atoms with E-state index >= 15 is 0 Å². The SMILES string of the molecule is CC(C)(C)NCC(O)c1ccc(O)c(OC(=N)N)c1. The van der Waals surface area contributed by atoms with Crippen LogP contribution in [0.25, 0.3) is 0 Å². The highest BCUT2D eigenvalue weighted by atomic mass is 16.5. The molecule has 0 spiro atoms. The van der Waals surface area contributed by atoms with Gasteiger partial charge in [0.05, 0.1) is 6.10 Å². The lowest BCUT2D eigenvalue weighted by atomic mass is 10.1. The lowest BCUT2D eigenvalue weighted by Crippen LogP contribution is -2.38. The summed E-state index contributed by atoms with van der Waals surface area (Å²) in [7, 11) is 0. The van der Waals surface area contributed by atoms with Crippen molar-refractivity contribution in [2.75, 3.05) is 6.54 Å². The van der Waals surface area contributed by atoms with Crippen LogP contribution >= 0.6 is 0 Å². The van der Waals surface area contributed by atoms with Crippen LogP contribution in [0, 0.1) is 5.41 Å². The number of ether oxygens (including phenoxy) is 1. The molecular formula is C13H21N3O3. The third kappa shape index (κ3) is 5.15. The summed E-state index contributed by atoms with van der Waals surface area (Å²) >= 11 is 0. The highest BCUT2D eigenvalue weighted by Gasteiger charge is 2.15. The van der Waals surface area contributed by atoms with Crippen molar-refractivity contribution in [1.29, 1.82) is 5.41 Å². The van der Waals surface area contributed by atoms with Crippen LogP contribution in [0.15, 0.2) is 18.2 Å². The Hall–Kier alpha value is -1.79. The normalized spacial score (nSPS) is 13.1. The van der Waals surface area contributed by atoms with Crippen LogP contribution in [-0.4, -0.2) is 28.3 Å². The molecule has 1 unspecified atom stereocenters. The van der Waals surface area contributed by atoms with Gasteiger partial charge < -0.3 is 26.0 Å². The molecule has 6 heteroatoms. The molecule has 106 valence electrons. The maximum atomic E-state index is 10.0. The molecule has 0 aliphatic heterocycles. The monoisotopic (exact) mass is 267 g/mol. The lowest BCUT2D eigenvalue weighted by Gasteiger charge is -2.23. The molecular weight excluding hydrogens is 246 g/mol. The van der Waals surface area contributed by atoms with Crippen molar-refractivity contribution in [3.8, 4) is 11.5 Å². The smallest absolute Gasteiger partial charge is 0.284 e. The Morgan fingerprint density at radius 1 is 1.47 bits per heavy atom. The Balaban J connectivity index is 2.80. The van der Waals surface area contributed by atoms with Crippen LogP contribution < -0.4 is 15.8 Å². The Morgan fingerprint density at radius 3 is 2.63 bits per heavy atom. The van der Waals surface area contributed by atoms with Gasteiger partial charge in [0.15, 0.2) is 11.5 Å². The van der Waals surface area contributed by atoms with Crippen molar-refractivity contribution >= 4 is 6.02 Å². The maximum Gasteiger partial charge on any atom is 0.284 e. The second-order valence-electron chi connectivity index (χ2n) is 5.34. The van der Waals surface area contributed by atoms with E-state index in [-0.39, 0.29) is 17.0 Å². The van der Waals surface area contributed by atoms with Gasteiger partial charge in [-0.3, -0.25) is 5.41 Å². The van der Waals surface area contributed by atoms with Gasteiger partial charge in [0.1, 0.15) is 0 Å². The van der Waals surface area contributed by atoms with Gasteiger partial charge in [0, 0.05) is 12.1 Å². The van der Waals surface area contributed by atoms with Crippen LogP contribution in [0.1, 0.15) is 32.4 Å². The molecule has 1 aromatic carbocycles. The first kappa shape index (κ1) is 15.3. The summed E-state index contributed by atoms with van der Waals surface area (Å²) in [6.45, 7) is 6.37. The Morgan fingerprint density at radius 2 is 2.11 bits per heavy atom. The van der Waals surface area contributed by atoms with Crippen molar-refractivity contribution in [2.45, 2.75) is 32.4 Å². The molecule has 0 radical (unpaired) electrons. The molecule has 19 heavy (non-hydrogen) atoms. The molecule has 0 fully saturated rings. The number of amidine groups is 1. The lowest BCUT2D eigenvalue weighted by molar-refractivity contribution is 0.163. The molecule has 1 aromatic rings. The van der Waals surface area contributed by atoms with Crippen molar-refractivity contribution < 1.29 is 14.9 Å². The number of hydrogen-bond acceptors (Lipinski definition) is 5. The van der Waals surface area contributed by atoms with Gasteiger partial charge >= 0.3 is 0 Å². The zero-order valence-electron chi connectivity index (χ0n) is 11.4. The van der Waals surface area contributed by atoms with Gasteiger partial charge in [-0.2, -0.15) is 0 Å². The predicted octanol–water partition coefficient (Wildman–Crippen LogP) is 1.09. The molecule has 0 saturated carbocycles. The molecule has 0 heterocycles. The summed E-state index contributed by atoms with van der Waals surface area (Å²) in [6, 6.07) is 3.94. The standard InChI is InChI=1S/C13H21N3O3/c1-13(2,3)16-7-10(18)8-4-5-9(17)11(6-8)19-12(14)15/h4-6,10,16-18H,7H2,1-3H3,(H3,14,15). The molecule has 1 atom stereocenters. The van der Waals surface area contributed by atoms with E-state index in [1.807, 2.05) is 20.8 Å². The third-order valence-electron chi connectivity index (χ3n) is 2.41. The second-order valence-corrected chi connectivity index (χ2v) is 5.34. The van der Waals surface area contributed by atoms with Crippen molar-refractivity contribution in [1.82, 2.24) is 5.32 Å². The topological polar surface area (TPSA) is 112 Å². The maximum absolute atomic E-state index is 10.0. The average molecular weight is 267 g/mol. The molecule has 6 nitrogen and oxygen atoms in total. The Kier molecular flexibility index (Phi) is 4.74. The summed E-state index contributed by atoms with van der Waals surface area (Å²) < 4.78 is 4.86. The van der Waals surface area contributed by atoms with Gasteiger partial charge in [-0.15, -0.1) is 0 Å². The minimum absolute atomic E-state index is 0.0554. The largest absolute Gasteiger partial charge is 0.504 e. The highest BCUT2D eigenvalue weighted by molar-refractivity contribution is 5.71. The van der Waals surface area contributed by atoms with E-state index in [0.29, 0.717) is 12.1 Å². The van der Waals surface area contributed by atoms with E-state index in [9.17, 15) is 10.2 Å². The van der Waals surface area contributed by atoms with E-state index in [2.05, 4.69) is 5.32 Å². The van der Waals surface area contributed by atoms with Gasteiger partial charge in [-0.05, 0) is 38.5 Å². The number of benzene rings is 1. The summed E-state index contributed by atoms with van der Waals surface area (Å²) in [5.41, 5.74) is 5.58. The molecule has 0 saturated heterocycles. The fourth-order valence-electron chi connectivity index (χ4n) is 1.46. The first-order valence-corrected chi connectivity index (χ1v) is 5.97. The number of phenols is 1. The van der Waals surface area contributed by atoms with Crippen LogP contribution in [0.4, 0.5) is 0 Å². The van der Waals surface area contributed by atoms with Crippen LogP contribution in [-0.2, 0) is 0 Å². The number of aromatic hydroxyl groups is 1. The number of β-amino-alcohol motifs (C(OH)–C–C–N with tert-alkyl or cyclic N) is 1. The summed E-state index contributed by atoms with van der Waals surface area (Å²) in [5, 5.41) is 29.8. The first-order chi connectivity index (χ1) is 8.69.